The summed E-state index contributed by atoms with van der Waals surface area (Å²) in [5, 5.41) is 18.6. The van der Waals surface area contributed by atoms with Gasteiger partial charge in [0.05, 0.1) is 33.8 Å². The van der Waals surface area contributed by atoms with Gasteiger partial charge in [-0.1, -0.05) is 170 Å². The summed E-state index contributed by atoms with van der Waals surface area (Å²) in [4.78, 5) is 5.62. The van der Waals surface area contributed by atoms with E-state index < -0.39 is 0 Å². The van der Waals surface area contributed by atoms with Crippen LogP contribution in [0.1, 0.15) is 5.56 Å². The predicted octanol–water partition coefficient (Wildman–Crippen LogP) is 14.9. The fourth-order valence-electron chi connectivity index (χ4n) is 10.9. The molecule has 3 heterocycles. The third-order valence-electron chi connectivity index (χ3n) is 13.7. The van der Waals surface area contributed by atoms with Crippen LogP contribution in [0.15, 0.2) is 229 Å². The Morgan fingerprint density at radius 1 is 0.422 bits per heavy atom. The van der Waals surface area contributed by atoms with Gasteiger partial charge < -0.3 is 9.88 Å². The summed E-state index contributed by atoms with van der Waals surface area (Å²) in [5.74, 6) is 0.816. The van der Waals surface area contributed by atoms with Crippen LogP contribution in [0.3, 0.4) is 0 Å². The maximum atomic E-state index is 5.62. The Hall–Kier alpha value is -8.47. The van der Waals surface area contributed by atoms with E-state index in [9.17, 15) is 0 Å². The zero-order valence-electron chi connectivity index (χ0n) is 34.7. The van der Waals surface area contributed by atoms with E-state index in [4.69, 9.17) is 4.99 Å². The van der Waals surface area contributed by atoms with Crippen LogP contribution < -0.4 is 5.32 Å². The summed E-state index contributed by atoms with van der Waals surface area (Å²) < 4.78 is 4.79. The van der Waals surface area contributed by atoms with Crippen molar-refractivity contribution >= 4 is 98.4 Å². The number of hydrogen-bond acceptors (Lipinski definition) is 2. The van der Waals surface area contributed by atoms with E-state index >= 15 is 0 Å². The first-order chi connectivity index (χ1) is 31.8. The molecule has 0 bridgehead atoms. The summed E-state index contributed by atoms with van der Waals surface area (Å²) >= 11 is 0. The van der Waals surface area contributed by atoms with E-state index in [2.05, 4.69) is 233 Å². The van der Waals surface area contributed by atoms with Crippen LogP contribution in [0.25, 0.3) is 109 Å². The van der Waals surface area contributed by atoms with Crippen LogP contribution >= 0.6 is 0 Å². The molecule has 14 rings (SSSR count). The standard InChI is InChI=1S/C60H38N4/c1-2-18-41(19-3-1)63-53-28-14-11-22-44(53)50-35-39(32-33-55(50)63)49-36-51-43-21-7-9-24-46(43)59-57(56(51)45-23-8-6-20-42(45)49)48-26-12-15-29-54(48)64(59)60-61-52-27-13-10-25-47(52)58(62-60)40-31-30-37-16-4-5-17-38(37)34-40/h1-36,52H,(H,61,62). The van der Waals surface area contributed by atoms with E-state index in [-0.39, 0.29) is 6.04 Å². The molecule has 64 heavy (non-hydrogen) atoms. The average molecular weight is 815 g/mol. The number of nitrogens with zero attached hydrogens (tertiary/aromatic N) is 3. The van der Waals surface area contributed by atoms with Gasteiger partial charge in [-0.3, -0.25) is 4.57 Å². The molecule has 1 aliphatic heterocycles. The number of nitrogens with one attached hydrogen (secondary N) is 1. The van der Waals surface area contributed by atoms with Crippen LogP contribution in [0, 0.1) is 0 Å². The van der Waals surface area contributed by atoms with Gasteiger partial charge >= 0.3 is 0 Å². The zero-order chi connectivity index (χ0) is 41.9. The van der Waals surface area contributed by atoms with Gasteiger partial charge in [0.25, 0.3) is 0 Å². The van der Waals surface area contributed by atoms with Gasteiger partial charge in [-0.05, 0) is 92.0 Å². The normalized spacial score (nSPS) is 15.1. The Labute approximate surface area is 368 Å². The van der Waals surface area contributed by atoms with Crippen molar-refractivity contribution in [2.75, 3.05) is 0 Å². The fraction of sp³-hybridized carbons (Fsp3) is 0.0167. The monoisotopic (exact) mass is 814 g/mol. The first-order valence-corrected chi connectivity index (χ1v) is 22.1. The highest BCUT2D eigenvalue weighted by Crippen LogP contribution is 2.47. The molecule has 0 fully saturated rings. The molecule has 0 radical (unpaired) electrons. The highest BCUT2D eigenvalue weighted by Gasteiger charge is 2.29. The first kappa shape index (κ1) is 35.2. The quantitative estimate of drug-likeness (QED) is 0.177. The van der Waals surface area contributed by atoms with Gasteiger partial charge in [0.2, 0.25) is 5.96 Å². The molecule has 12 aromatic rings. The maximum absolute atomic E-state index is 5.62. The minimum Gasteiger partial charge on any atom is -0.345 e. The molecule has 4 heteroatoms. The van der Waals surface area contributed by atoms with Crippen LogP contribution in [0.4, 0.5) is 0 Å². The lowest BCUT2D eigenvalue weighted by atomic mass is 9.88. The summed E-state index contributed by atoms with van der Waals surface area (Å²) in [5.41, 5.74) is 11.5. The molecule has 298 valence electrons. The molecule has 4 nitrogen and oxygen atoms in total. The summed E-state index contributed by atoms with van der Waals surface area (Å²) in [6.07, 6.45) is 8.72. The van der Waals surface area contributed by atoms with Crippen molar-refractivity contribution in [3.63, 3.8) is 0 Å². The second-order valence-electron chi connectivity index (χ2n) is 17.1. The molecular formula is C60H38N4. The molecule has 0 saturated heterocycles. The number of rotatable bonds is 3. The van der Waals surface area contributed by atoms with Gasteiger partial charge in [0.1, 0.15) is 0 Å². The Kier molecular flexibility index (Phi) is 7.42. The molecule has 2 aliphatic rings. The SMILES string of the molecule is C1=CC2=C(c3ccc4ccccc4c3)N=C(n3c4ccccc4c4c5c6ccccc6c(-c6ccc7c(c6)c6ccccc6n7-c6ccccc6)cc5c5ccccc5c43)NC2C=C1. The van der Waals surface area contributed by atoms with Crippen molar-refractivity contribution in [3.05, 3.63) is 230 Å². The van der Waals surface area contributed by atoms with Gasteiger partial charge in [0.15, 0.2) is 0 Å². The molecule has 1 aliphatic carbocycles. The van der Waals surface area contributed by atoms with E-state index in [1.165, 1.54) is 92.4 Å². The van der Waals surface area contributed by atoms with Gasteiger partial charge in [0, 0.05) is 49.1 Å². The van der Waals surface area contributed by atoms with Crippen molar-refractivity contribution in [2.45, 2.75) is 6.04 Å². The molecule has 1 atom stereocenters. The third kappa shape index (κ3) is 5.02. The molecule has 1 unspecified atom stereocenters. The van der Waals surface area contributed by atoms with E-state index in [1.807, 2.05) is 0 Å². The molecule has 0 amide bonds. The lowest BCUT2D eigenvalue weighted by molar-refractivity contribution is 0.806. The number of aromatic nitrogens is 2. The van der Waals surface area contributed by atoms with Crippen LogP contribution in [-0.4, -0.2) is 21.1 Å². The summed E-state index contributed by atoms with van der Waals surface area (Å²) in [6.45, 7) is 0. The largest absolute Gasteiger partial charge is 0.345 e. The minimum atomic E-state index is -0.0376. The van der Waals surface area contributed by atoms with Gasteiger partial charge in [-0.15, -0.1) is 0 Å². The fourth-order valence-corrected chi connectivity index (χ4v) is 10.9. The summed E-state index contributed by atoms with van der Waals surface area (Å²) in [6, 6.07) is 71.1. The first-order valence-electron chi connectivity index (χ1n) is 22.1. The molecule has 1 N–H and O–H groups in total. The molecular weight excluding hydrogens is 777 g/mol. The highest BCUT2D eigenvalue weighted by molar-refractivity contribution is 6.39. The number of allylic oxidation sites excluding steroid dienone is 2. The van der Waals surface area contributed by atoms with Gasteiger partial charge in [-0.2, -0.15) is 0 Å². The average Bonchev–Trinajstić information content (AvgIpc) is 3.89. The van der Waals surface area contributed by atoms with Crippen molar-refractivity contribution in [3.8, 4) is 16.8 Å². The Morgan fingerprint density at radius 3 is 1.92 bits per heavy atom. The van der Waals surface area contributed by atoms with Crippen molar-refractivity contribution in [1.82, 2.24) is 14.5 Å². The summed E-state index contributed by atoms with van der Waals surface area (Å²) in [7, 11) is 0. The van der Waals surface area contributed by atoms with Crippen molar-refractivity contribution in [2.24, 2.45) is 4.99 Å². The van der Waals surface area contributed by atoms with Crippen LogP contribution in [0.2, 0.25) is 0 Å². The second kappa shape index (κ2) is 13.5. The third-order valence-corrected chi connectivity index (χ3v) is 13.7. The van der Waals surface area contributed by atoms with Crippen LogP contribution in [-0.2, 0) is 0 Å². The van der Waals surface area contributed by atoms with E-state index in [0.29, 0.717) is 0 Å². The highest BCUT2D eigenvalue weighted by atomic mass is 15.2. The molecule has 0 spiro atoms. The lowest BCUT2D eigenvalue weighted by Gasteiger charge is -2.29. The maximum Gasteiger partial charge on any atom is 0.209 e. The van der Waals surface area contributed by atoms with Crippen LogP contribution in [0.5, 0.6) is 0 Å². The number of hydrogen-bond donors (Lipinski definition) is 1. The number of benzene rings is 10. The second-order valence-corrected chi connectivity index (χ2v) is 17.1. The van der Waals surface area contributed by atoms with E-state index in [1.54, 1.807) is 0 Å². The Morgan fingerprint density at radius 2 is 1.08 bits per heavy atom. The van der Waals surface area contributed by atoms with Crippen molar-refractivity contribution in [1.29, 1.82) is 0 Å². The molecule has 2 aromatic heterocycles. The van der Waals surface area contributed by atoms with E-state index in [0.717, 1.165) is 33.9 Å². The Bertz CT molecular complexity index is 4100. The number of para-hydroxylation sites is 3. The van der Waals surface area contributed by atoms with Gasteiger partial charge in [-0.25, -0.2) is 4.99 Å². The predicted molar refractivity (Wildman–Crippen MR) is 271 cm³/mol. The number of fused-ring (bicyclic) bond motifs is 15. The van der Waals surface area contributed by atoms with Crippen molar-refractivity contribution < 1.29 is 0 Å². The number of aliphatic imine (C=N–C) groups is 1. The zero-order valence-corrected chi connectivity index (χ0v) is 34.7. The topological polar surface area (TPSA) is 34.2 Å². The molecule has 0 saturated carbocycles. The minimum absolute atomic E-state index is 0.0376. The lowest BCUT2D eigenvalue weighted by Crippen LogP contribution is -2.42. The Balaban J connectivity index is 1.06. The molecule has 10 aromatic carbocycles. The smallest absolute Gasteiger partial charge is 0.209 e.